The molecule has 0 aliphatic heterocycles. The lowest BCUT2D eigenvalue weighted by Crippen LogP contribution is -2.12. The van der Waals surface area contributed by atoms with Crippen LogP contribution in [0.1, 0.15) is 43.3 Å². The standard InChI is InChI=1S/C13H13FN4/c1-3-13(4-5-13)12-9(6-15)11(14)10-7-16-8(2)17-18(10)12/h7H,3-5H2,1-2H3. The van der Waals surface area contributed by atoms with Crippen molar-refractivity contribution >= 4 is 5.52 Å². The Hall–Kier alpha value is -1.96. The summed E-state index contributed by atoms with van der Waals surface area (Å²) in [7, 11) is 0. The summed E-state index contributed by atoms with van der Waals surface area (Å²) in [5.74, 6) is 0.0855. The number of aromatic nitrogens is 3. The van der Waals surface area contributed by atoms with E-state index in [1.54, 1.807) is 11.4 Å². The lowest BCUT2D eigenvalue weighted by Gasteiger charge is -2.12. The molecule has 2 aromatic heterocycles. The molecular weight excluding hydrogens is 231 g/mol. The fourth-order valence-corrected chi connectivity index (χ4v) is 2.59. The maximum absolute atomic E-state index is 14.2. The van der Waals surface area contributed by atoms with Gasteiger partial charge >= 0.3 is 0 Å². The quantitative estimate of drug-likeness (QED) is 0.815. The molecule has 0 N–H and O–H groups in total. The minimum Gasteiger partial charge on any atom is -0.237 e. The van der Waals surface area contributed by atoms with Crippen LogP contribution in [0.15, 0.2) is 6.20 Å². The van der Waals surface area contributed by atoms with Gasteiger partial charge in [-0.2, -0.15) is 10.4 Å². The third kappa shape index (κ3) is 1.29. The highest BCUT2D eigenvalue weighted by atomic mass is 19.1. The molecule has 1 saturated carbocycles. The van der Waals surface area contributed by atoms with Crippen LogP contribution in [0.25, 0.3) is 5.52 Å². The van der Waals surface area contributed by atoms with Gasteiger partial charge in [0.15, 0.2) is 5.82 Å². The highest BCUT2D eigenvalue weighted by Crippen LogP contribution is 2.52. The van der Waals surface area contributed by atoms with Gasteiger partial charge in [-0.3, -0.25) is 0 Å². The summed E-state index contributed by atoms with van der Waals surface area (Å²) >= 11 is 0. The van der Waals surface area contributed by atoms with E-state index in [1.165, 1.54) is 6.20 Å². The number of hydrogen-bond donors (Lipinski definition) is 0. The number of hydrogen-bond acceptors (Lipinski definition) is 3. The van der Waals surface area contributed by atoms with E-state index < -0.39 is 5.82 Å². The molecule has 0 bridgehead atoms. The number of rotatable bonds is 2. The summed E-state index contributed by atoms with van der Waals surface area (Å²) in [4.78, 5) is 4.00. The molecule has 0 saturated heterocycles. The van der Waals surface area contributed by atoms with Crippen molar-refractivity contribution in [1.29, 1.82) is 5.26 Å². The van der Waals surface area contributed by atoms with Gasteiger partial charge in [0.2, 0.25) is 0 Å². The van der Waals surface area contributed by atoms with E-state index in [0.29, 0.717) is 11.3 Å². The molecule has 0 spiro atoms. The molecule has 5 heteroatoms. The van der Waals surface area contributed by atoms with Gasteiger partial charge in [0.25, 0.3) is 0 Å². The van der Waals surface area contributed by atoms with Crippen LogP contribution >= 0.6 is 0 Å². The fraction of sp³-hybridized carbons (Fsp3) is 0.462. The molecule has 0 unspecified atom stereocenters. The normalized spacial score (nSPS) is 16.8. The second-order valence-corrected chi connectivity index (χ2v) is 4.89. The zero-order valence-corrected chi connectivity index (χ0v) is 10.4. The third-order valence-electron chi connectivity index (χ3n) is 3.88. The summed E-state index contributed by atoms with van der Waals surface area (Å²) in [5.41, 5.74) is 1.09. The van der Waals surface area contributed by atoms with Gasteiger partial charge in [-0.15, -0.1) is 0 Å². The van der Waals surface area contributed by atoms with Crippen LogP contribution in [-0.2, 0) is 5.41 Å². The minimum absolute atomic E-state index is 0.0703. The molecule has 1 fully saturated rings. The number of nitriles is 1. The smallest absolute Gasteiger partial charge is 0.170 e. The van der Waals surface area contributed by atoms with Crippen molar-refractivity contribution in [2.75, 3.05) is 0 Å². The number of fused-ring (bicyclic) bond motifs is 1. The Kier molecular flexibility index (Phi) is 2.18. The van der Waals surface area contributed by atoms with Crippen molar-refractivity contribution in [2.45, 2.75) is 38.5 Å². The van der Waals surface area contributed by atoms with E-state index in [2.05, 4.69) is 17.0 Å². The van der Waals surface area contributed by atoms with E-state index in [-0.39, 0.29) is 11.0 Å². The summed E-state index contributed by atoms with van der Waals surface area (Å²) < 4.78 is 15.8. The Morgan fingerprint density at radius 2 is 2.28 bits per heavy atom. The average molecular weight is 244 g/mol. The summed E-state index contributed by atoms with van der Waals surface area (Å²) in [6.07, 6.45) is 4.34. The molecule has 4 nitrogen and oxygen atoms in total. The average Bonchev–Trinajstić information content (AvgIpc) is 3.10. The highest BCUT2D eigenvalue weighted by Gasteiger charge is 2.47. The van der Waals surface area contributed by atoms with Gasteiger partial charge in [0.05, 0.1) is 11.9 Å². The second-order valence-electron chi connectivity index (χ2n) is 4.89. The first-order valence-corrected chi connectivity index (χ1v) is 6.07. The van der Waals surface area contributed by atoms with Crippen LogP contribution in [0.2, 0.25) is 0 Å². The number of aryl methyl sites for hydroxylation is 1. The molecule has 0 atom stereocenters. The monoisotopic (exact) mass is 244 g/mol. The molecule has 2 heterocycles. The van der Waals surface area contributed by atoms with Crippen LogP contribution in [0, 0.1) is 24.1 Å². The predicted octanol–water partition coefficient (Wildman–Crippen LogP) is 2.49. The van der Waals surface area contributed by atoms with Crippen LogP contribution in [0.4, 0.5) is 4.39 Å². The molecule has 3 rings (SSSR count). The van der Waals surface area contributed by atoms with Crippen molar-refractivity contribution in [3.8, 4) is 6.07 Å². The Morgan fingerprint density at radius 1 is 1.56 bits per heavy atom. The first-order valence-electron chi connectivity index (χ1n) is 6.07. The molecular formula is C13H13FN4. The van der Waals surface area contributed by atoms with Gasteiger partial charge in [-0.05, 0) is 26.2 Å². The molecule has 92 valence electrons. The van der Waals surface area contributed by atoms with Crippen LogP contribution in [-0.4, -0.2) is 14.6 Å². The van der Waals surface area contributed by atoms with Gasteiger partial charge in [-0.1, -0.05) is 6.92 Å². The fourth-order valence-electron chi connectivity index (χ4n) is 2.59. The summed E-state index contributed by atoms with van der Waals surface area (Å²) in [5, 5.41) is 13.5. The Labute approximate surface area is 104 Å². The van der Waals surface area contributed by atoms with E-state index >= 15 is 0 Å². The zero-order valence-electron chi connectivity index (χ0n) is 10.4. The lowest BCUT2D eigenvalue weighted by molar-refractivity contribution is 0.608. The van der Waals surface area contributed by atoms with Crippen LogP contribution < -0.4 is 0 Å². The van der Waals surface area contributed by atoms with E-state index in [1.807, 2.05) is 6.07 Å². The first-order chi connectivity index (χ1) is 8.63. The van der Waals surface area contributed by atoms with E-state index in [4.69, 9.17) is 0 Å². The second kappa shape index (κ2) is 3.52. The Morgan fingerprint density at radius 3 is 2.83 bits per heavy atom. The molecule has 0 radical (unpaired) electrons. The molecule has 2 aromatic rings. The SMILES string of the molecule is CCC1(c2c(C#N)c(F)c3cnc(C)nn23)CC1. The van der Waals surface area contributed by atoms with Gasteiger partial charge in [0.1, 0.15) is 23.0 Å². The van der Waals surface area contributed by atoms with Crippen molar-refractivity contribution in [3.63, 3.8) is 0 Å². The van der Waals surface area contributed by atoms with Crippen molar-refractivity contribution < 1.29 is 4.39 Å². The highest BCUT2D eigenvalue weighted by molar-refractivity contribution is 5.59. The molecule has 0 aromatic carbocycles. The van der Waals surface area contributed by atoms with Crippen molar-refractivity contribution in [1.82, 2.24) is 14.6 Å². The third-order valence-corrected chi connectivity index (χ3v) is 3.88. The van der Waals surface area contributed by atoms with Crippen LogP contribution in [0.3, 0.4) is 0 Å². The van der Waals surface area contributed by atoms with Gasteiger partial charge in [0, 0.05) is 5.41 Å². The molecule has 1 aliphatic carbocycles. The zero-order chi connectivity index (χ0) is 12.9. The summed E-state index contributed by atoms with van der Waals surface area (Å²) in [6, 6.07) is 1.99. The van der Waals surface area contributed by atoms with Crippen molar-refractivity contribution in [2.24, 2.45) is 0 Å². The topological polar surface area (TPSA) is 54.0 Å². The summed E-state index contributed by atoms with van der Waals surface area (Å²) in [6.45, 7) is 3.83. The Bertz CT molecular complexity index is 676. The lowest BCUT2D eigenvalue weighted by atomic mass is 9.96. The Balaban J connectivity index is 2.41. The largest absolute Gasteiger partial charge is 0.237 e. The van der Waals surface area contributed by atoms with E-state index in [0.717, 1.165) is 25.0 Å². The number of halogens is 1. The predicted molar refractivity (Wildman–Crippen MR) is 63.6 cm³/mol. The molecule has 0 amide bonds. The van der Waals surface area contributed by atoms with Crippen LogP contribution in [0.5, 0.6) is 0 Å². The van der Waals surface area contributed by atoms with Crippen molar-refractivity contribution in [3.05, 3.63) is 29.1 Å². The molecule has 1 aliphatic rings. The molecule has 18 heavy (non-hydrogen) atoms. The maximum Gasteiger partial charge on any atom is 0.170 e. The van der Waals surface area contributed by atoms with Gasteiger partial charge < -0.3 is 0 Å². The van der Waals surface area contributed by atoms with Gasteiger partial charge in [-0.25, -0.2) is 13.9 Å². The minimum atomic E-state index is -0.493. The van der Waals surface area contributed by atoms with E-state index in [9.17, 15) is 9.65 Å². The first kappa shape index (κ1) is 11.1. The maximum atomic E-state index is 14.2. The number of nitrogens with zero attached hydrogens (tertiary/aromatic N) is 4.